The van der Waals surface area contributed by atoms with Crippen molar-refractivity contribution in [2.75, 3.05) is 17.2 Å². The number of nitrogens with zero attached hydrogens (tertiary/aromatic N) is 1. The molecule has 1 heterocycles. The predicted octanol–water partition coefficient (Wildman–Crippen LogP) is 2.14. The van der Waals surface area contributed by atoms with Crippen LogP contribution in [0.3, 0.4) is 0 Å². The van der Waals surface area contributed by atoms with Gasteiger partial charge in [0.1, 0.15) is 5.75 Å². The number of hydrogen-bond donors (Lipinski definition) is 2. The maximum absolute atomic E-state index is 12.2. The van der Waals surface area contributed by atoms with Crippen LogP contribution < -0.4 is 15.4 Å². The minimum Gasteiger partial charge on any atom is -0.482 e. The standard InChI is InChI=1S/C16H11N3O3/c17-8-10-2-1-3-12(6-10)18-16(21)11-4-5-14-13(7-11)19-15(20)9-22-14/h1-7H,9H2,(H,18,21)(H,19,20). The Kier molecular flexibility index (Phi) is 3.46. The zero-order chi connectivity index (χ0) is 15.5. The Balaban J connectivity index is 1.82. The van der Waals surface area contributed by atoms with Crippen LogP contribution in [0.4, 0.5) is 11.4 Å². The first kappa shape index (κ1) is 13.6. The molecular formula is C16H11N3O3. The van der Waals surface area contributed by atoms with Gasteiger partial charge < -0.3 is 15.4 Å². The molecule has 22 heavy (non-hydrogen) atoms. The summed E-state index contributed by atoms with van der Waals surface area (Å²) in [5.74, 6) is -0.0629. The number of benzene rings is 2. The van der Waals surface area contributed by atoms with Crippen molar-refractivity contribution in [2.45, 2.75) is 0 Å². The van der Waals surface area contributed by atoms with Crippen molar-refractivity contribution < 1.29 is 14.3 Å². The summed E-state index contributed by atoms with van der Waals surface area (Å²) < 4.78 is 5.24. The van der Waals surface area contributed by atoms with Crippen molar-refractivity contribution in [3.8, 4) is 11.8 Å². The van der Waals surface area contributed by atoms with Crippen LogP contribution in [-0.2, 0) is 4.79 Å². The maximum atomic E-state index is 12.2. The van der Waals surface area contributed by atoms with Gasteiger partial charge in [0, 0.05) is 11.3 Å². The third-order valence-electron chi connectivity index (χ3n) is 3.12. The molecule has 6 heteroatoms. The number of hydrogen-bond acceptors (Lipinski definition) is 4. The molecule has 0 unspecified atom stereocenters. The molecule has 108 valence electrons. The van der Waals surface area contributed by atoms with Gasteiger partial charge in [0.05, 0.1) is 17.3 Å². The van der Waals surface area contributed by atoms with Crippen LogP contribution in [0.2, 0.25) is 0 Å². The number of fused-ring (bicyclic) bond motifs is 1. The van der Waals surface area contributed by atoms with E-state index in [1.807, 2.05) is 6.07 Å². The Morgan fingerprint density at radius 3 is 2.95 bits per heavy atom. The molecule has 0 aromatic heterocycles. The Bertz CT molecular complexity index is 809. The monoisotopic (exact) mass is 293 g/mol. The Labute approximate surface area is 126 Å². The molecule has 1 aliphatic rings. The molecule has 0 saturated heterocycles. The Morgan fingerprint density at radius 2 is 2.14 bits per heavy atom. The number of anilines is 2. The van der Waals surface area contributed by atoms with Crippen LogP contribution in [-0.4, -0.2) is 18.4 Å². The van der Waals surface area contributed by atoms with Crippen LogP contribution in [0, 0.1) is 11.3 Å². The average Bonchev–Trinajstić information content (AvgIpc) is 2.54. The molecule has 0 aliphatic carbocycles. The fourth-order valence-corrected chi connectivity index (χ4v) is 2.09. The van der Waals surface area contributed by atoms with E-state index in [1.165, 1.54) is 0 Å². The smallest absolute Gasteiger partial charge is 0.262 e. The summed E-state index contributed by atoms with van der Waals surface area (Å²) in [6.45, 7) is -0.0283. The van der Waals surface area contributed by atoms with Gasteiger partial charge >= 0.3 is 0 Å². The van der Waals surface area contributed by atoms with Gasteiger partial charge in [-0.25, -0.2) is 0 Å². The zero-order valence-electron chi connectivity index (χ0n) is 11.4. The first-order valence-corrected chi connectivity index (χ1v) is 6.54. The van der Waals surface area contributed by atoms with Crippen molar-refractivity contribution in [3.63, 3.8) is 0 Å². The van der Waals surface area contributed by atoms with Crippen LogP contribution in [0.15, 0.2) is 42.5 Å². The molecule has 0 atom stereocenters. The van der Waals surface area contributed by atoms with Crippen LogP contribution in [0.5, 0.6) is 5.75 Å². The third-order valence-corrected chi connectivity index (χ3v) is 3.12. The van der Waals surface area contributed by atoms with E-state index in [1.54, 1.807) is 42.5 Å². The zero-order valence-corrected chi connectivity index (χ0v) is 11.4. The lowest BCUT2D eigenvalue weighted by Gasteiger charge is -2.18. The number of nitrogens with one attached hydrogen (secondary N) is 2. The summed E-state index contributed by atoms with van der Waals surface area (Å²) >= 11 is 0. The Hall–Kier alpha value is -3.33. The molecule has 2 amide bonds. The maximum Gasteiger partial charge on any atom is 0.262 e. The molecule has 0 fully saturated rings. The largest absolute Gasteiger partial charge is 0.482 e. The minimum absolute atomic E-state index is 0.0283. The summed E-state index contributed by atoms with van der Waals surface area (Å²) in [5.41, 5.74) is 1.84. The lowest BCUT2D eigenvalue weighted by Crippen LogP contribution is -2.25. The van der Waals surface area contributed by atoms with Gasteiger partial charge in [-0.3, -0.25) is 9.59 Å². The number of rotatable bonds is 2. The normalized spacial score (nSPS) is 12.4. The van der Waals surface area contributed by atoms with Gasteiger partial charge in [0.25, 0.3) is 11.8 Å². The number of carbonyl (C=O) groups excluding carboxylic acids is 2. The van der Waals surface area contributed by atoms with E-state index < -0.39 is 0 Å². The van der Waals surface area contributed by atoms with Gasteiger partial charge in [-0.2, -0.15) is 5.26 Å². The van der Waals surface area contributed by atoms with Crippen LogP contribution >= 0.6 is 0 Å². The van der Waals surface area contributed by atoms with E-state index >= 15 is 0 Å². The molecule has 2 N–H and O–H groups in total. The highest BCUT2D eigenvalue weighted by Gasteiger charge is 2.17. The number of nitriles is 1. The summed E-state index contributed by atoms with van der Waals surface area (Å²) in [4.78, 5) is 23.5. The lowest BCUT2D eigenvalue weighted by atomic mass is 10.1. The number of carbonyl (C=O) groups is 2. The van der Waals surface area contributed by atoms with Crippen molar-refractivity contribution in [1.82, 2.24) is 0 Å². The van der Waals surface area contributed by atoms with Crippen molar-refractivity contribution >= 4 is 23.2 Å². The minimum atomic E-state index is -0.335. The number of ether oxygens (including phenoxy) is 1. The second kappa shape index (κ2) is 5.58. The molecule has 1 aliphatic heterocycles. The van der Waals surface area contributed by atoms with E-state index in [-0.39, 0.29) is 18.4 Å². The highest BCUT2D eigenvalue weighted by molar-refractivity contribution is 6.06. The molecule has 0 spiro atoms. The van der Waals surface area contributed by atoms with Crippen LogP contribution in [0.25, 0.3) is 0 Å². The SMILES string of the molecule is N#Cc1cccc(NC(=O)c2ccc3c(c2)NC(=O)CO3)c1. The van der Waals surface area contributed by atoms with Crippen LogP contribution in [0.1, 0.15) is 15.9 Å². The highest BCUT2D eigenvalue weighted by atomic mass is 16.5. The topological polar surface area (TPSA) is 91.2 Å². The highest BCUT2D eigenvalue weighted by Crippen LogP contribution is 2.28. The molecule has 0 radical (unpaired) electrons. The van der Waals surface area contributed by atoms with Crippen molar-refractivity contribution in [2.24, 2.45) is 0 Å². The second-order valence-electron chi connectivity index (χ2n) is 4.69. The van der Waals surface area contributed by atoms with E-state index in [9.17, 15) is 9.59 Å². The fourth-order valence-electron chi connectivity index (χ4n) is 2.09. The Morgan fingerprint density at radius 1 is 1.27 bits per heavy atom. The third kappa shape index (κ3) is 2.74. The molecule has 6 nitrogen and oxygen atoms in total. The van der Waals surface area contributed by atoms with E-state index in [0.717, 1.165) is 0 Å². The summed E-state index contributed by atoms with van der Waals surface area (Å²) in [7, 11) is 0. The fraction of sp³-hybridized carbons (Fsp3) is 0.0625. The quantitative estimate of drug-likeness (QED) is 0.887. The summed E-state index contributed by atoms with van der Waals surface area (Å²) in [6, 6.07) is 13.4. The molecular weight excluding hydrogens is 282 g/mol. The van der Waals surface area contributed by atoms with Crippen molar-refractivity contribution in [3.05, 3.63) is 53.6 Å². The molecule has 0 saturated carbocycles. The van der Waals surface area contributed by atoms with Gasteiger partial charge in [-0.05, 0) is 36.4 Å². The van der Waals surface area contributed by atoms with Crippen molar-refractivity contribution in [1.29, 1.82) is 5.26 Å². The number of amides is 2. The lowest BCUT2D eigenvalue weighted by molar-refractivity contribution is -0.118. The first-order valence-electron chi connectivity index (χ1n) is 6.54. The second-order valence-corrected chi connectivity index (χ2v) is 4.69. The van der Waals surface area contributed by atoms with Gasteiger partial charge in [0.15, 0.2) is 6.61 Å². The van der Waals surface area contributed by atoms with E-state index in [4.69, 9.17) is 10.00 Å². The predicted molar refractivity (Wildman–Crippen MR) is 79.7 cm³/mol. The summed E-state index contributed by atoms with van der Waals surface area (Å²) in [5, 5.41) is 14.2. The van der Waals surface area contributed by atoms with Gasteiger partial charge in [-0.1, -0.05) is 6.07 Å². The van der Waals surface area contributed by atoms with E-state index in [0.29, 0.717) is 28.3 Å². The van der Waals surface area contributed by atoms with Gasteiger partial charge in [-0.15, -0.1) is 0 Å². The van der Waals surface area contributed by atoms with E-state index in [2.05, 4.69) is 10.6 Å². The molecule has 2 aromatic carbocycles. The molecule has 2 aromatic rings. The average molecular weight is 293 g/mol. The first-order chi connectivity index (χ1) is 10.7. The summed E-state index contributed by atoms with van der Waals surface area (Å²) in [6.07, 6.45) is 0. The molecule has 3 rings (SSSR count). The van der Waals surface area contributed by atoms with Gasteiger partial charge in [0.2, 0.25) is 0 Å². The molecule has 0 bridgehead atoms.